The van der Waals surface area contributed by atoms with Crippen molar-refractivity contribution in [2.75, 3.05) is 19.7 Å². The largest absolute Gasteiger partial charge is 0.460 e. The zero-order valence-corrected chi connectivity index (χ0v) is 16.1. The molecule has 27 heavy (non-hydrogen) atoms. The highest BCUT2D eigenvalue weighted by Crippen LogP contribution is 2.34. The summed E-state index contributed by atoms with van der Waals surface area (Å²) in [6, 6.07) is 19.7. The molecule has 144 valence electrons. The van der Waals surface area contributed by atoms with Crippen LogP contribution < -0.4 is 0 Å². The van der Waals surface area contributed by atoms with Crippen molar-refractivity contribution in [1.29, 1.82) is 0 Å². The number of rotatable bonds is 7. The number of carbonyl (C=O) groups excluding carboxylic acids is 1. The van der Waals surface area contributed by atoms with Gasteiger partial charge in [-0.2, -0.15) is 0 Å². The van der Waals surface area contributed by atoms with E-state index in [9.17, 15) is 9.90 Å². The van der Waals surface area contributed by atoms with Gasteiger partial charge < -0.3 is 9.84 Å². The summed E-state index contributed by atoms with van der Waals surface area (Å²) in [4.78, 5) is 15.0. The van der Waals surface area contributed by atoms with Crippen LogP contribution in [0.5, 0.6) is 0 Å². The SMILES string of the molecule is CC(C)C(C(=O)OCc1ccccc1)N1CC(CO)C(c2ccccc2)C1. The normalized spacial score (nSPS) is 21.3. The number of esters is 1. The molecule has 0 spiro atoms. The van der Waals surface area contributed by atoms with E-state index < -0.39 is 0 Å². The van der Waals surface area contributed by atoms with Crippen LogP contribution in [-0.4, -0.2) is 41.7 Å². The number of benzene rings is 2. The molecule has 2 aromatic carbocycles. The fourth-order valence-electron chi connectivity index (χ4n) is 4.05. The molecule has 0 aromatic heterocycles. The predicted molar refractivity (Wildman–Crippen MR) is 106 cm³/mol. The molecule has 0 radical (unpaired) electrons. The molecule has 1 N–H and O–H groups in total. The maximum Gasteiger partial charge on any atom is 0.323 e. The van der Waals surface area contributed by atoms with Crippen LogP contribution in [0.1, 0.15) is 30.9 Å². The minimum Gasteiger partial charge on any atom is -0.460 e. The maximum absolute atomic E-state index is 12.9. The molecule has 1 fully saturated rings. The standard InChI is InChI=1S/C23H29NO3/c1-17(2)22(23(26)27-16-18-9-5-3-6-10-18)24-13-20(15-25)21(14-24)19-11-7-4-8-12-19/h3-12,17,20-22,25H,13-16H2,1-2H3. The van der Waals surface area contributed by atoms with E-state index in [0.29, 0.717) is 13.2 Å². The first kappa shape index (κ1) is 19.6. The molecule has 1 aliphatic heterocycles. The van der Waals surface area contributed by atoms with E-state index in [-0.39, 0.29) is 36.4 Å². The van der Waals surface area contributed by atoms with Crippen molar-refractivity contribution in [2.24, 2.45) is 11.8 Å². The third-order valence-corrected chi connectivity index (χ3v) is 5.42. The van der Waals surface area contributed by atoms with Gasteiger partial charge in [-0.25, -0.2) is 0 Å². The van der Waals surface area contributed by atoms with Gasteiger partial charge in [-0.1, -0.05) is 74.5 Å². The van der Waals surface area contributed by atoms with Crippen LogP contribution in [-0.2, 0) is 16.1 Å². The number of nitrogens with zero attached hydrogens (tertiary/aromatic N) is 1. The molecule has 0 aliphatic carbocycles. The minimum absolute atomic E-state index is 0.125. The summed E-state index contributed by atoms with van der Waals surface area (Å²) in [7, 11) is 0. The second kappa shape index (κ2) is 9.16. The van der Waals surface area contributed by atoms with E-state index in [1.54, 1.807) is 0 Å². The Labute approximate surface area is 161 Å². The quantitative estimate of drug-likeness (QED) is 0.762. The summed E-state index contributed by atoms with van der Waals surface area (Å²) in [6.07, 6.45) is 0. The van der Waals surface area contributed by atoms with Crippen molar-refractivity contribution in [1.82, 2.24) is 4.90 Å². The molecule has 1 saturated heterocycles. The van der Waals surface area contributed by atoms with Crippen molar-refractivity contribution < 1.29 is 14.6 Å². The van der Waals surface area contributed by atoms with Crippen LogP contribution in [0.3, 0.4) is 0 Å². The van der Waals surface area contributed by atoms with Crippen molar-refractivity contribution in [3.05, 3.63) is 71.8 Å². The molecule has 3 atom stereocenters. The van der Waals surface area contributed by atoms with Crippen LogP contribution in [0.4, 0.5) is 0 Å². The highest BCUT2D eigenvalue weighted by Gasteiger charge is 2.40. The van der Waals surface area contributed by atoms with Gasteiger partial charge in [-0.3, -0.25) is 9.69 Å². The lowest BCUT2D eigenvalue weighted by molar-refractivity contribution is -0.153. The summed E-state index contributed by atoms with van der Waals surface area (Å²) in [5.74, 6) is 0.330. The predicted octanol–water partition coefficient (Wildman–Crippen LogP) is 3.46. The van der Waals surface area contributed by atoms with Crippen molar-refractivity contribution in [3.63, 3.8) is 0 Å². The van der Waals surface area contributed by atoms with E-state index in [4.69, 9.17) is 4.74 Å². The first-order valence-electron chi connectivity index (χ1n) is 9.70. The summed E-state index contributed by atoms with van der Waals surface area (Å²) in [5, 5.41) is 9.88. The van der Waals surface area contributed by atoms with E-state index in [1.165, 1.54) is 5.56 Å². The smallest absolute Gasteiger partial charge is 0.323 e. The molecule has 0 saturated carbocycles. The number of aliphatic hydroxyl groups is 1. The van der Waals surface area contributed by atoms with Gasteiger partial charge in [0, 0.05) is 31.5 Å². The van der Waals surface area contributed by atoms with Gasteiger partial charge in [0.15, 0.2) is 0 Å². The Hall–Kier alpha value is -2.17. The number of hydrogen-bond donors (Lipinski definition) is 1. The zero-order chi connectivity index (χ0) is 19.2. The van der Waals surface area contributed by atoms with Crippen molar-refractivity contribution in [2.45, 2.75) is 32.4 Å². The van der Waals surface area contributed by atoms with Crippen LogP contribution in [0.25, 0.3) is 0 Å². The Morgan fingerprint density at radius 1 is 1.07 bits per heavy atom. The average Bonchev–Trinajstić information content (AvgIpc) is 3.11. The minimum atomic E-state index is -0.295. The molecule has 1 aliphatic rings. The van der Waals surface area contributed by atoms with E-state index >= 15 is 0 Å². The molecular formula is C23H29NO3. The lowest BCUT2D eigenvalue weighted by atomic mass is 9.90. The fraction of sp³-hybridized carbons (Fsp3) is 0.435. The van der Waals surface area contributed by atoms with Gasteiger partial charge in [-0.05, 0) is 17.0 Å². The van der Waals surface area contributed by atoms with Crippen LogP contribution in [0.2, 0.25) is 0 Å². The highest BCUT2D eigenvalue weighted by molar-refractivity contribution is 5.76. The third-order valence-electron chi connectivity index (χ3n) is 5.42. The number of ether oxygens (including phenoxy) is 1. The Morgan fingerprint density at radius 3 is 2.30 bits per heavy atom. The van der Waals surface area contributed by atoms with Crippen LogP contribution in [0, 0.1) is 11.8 Å². The van der Waals surface area contributed by atoms with Gasteiger partial charge in [0.1, 0.15) is 12.6 Å². The molecule has 1 heterocycles. The topological polar surface area (TPSA) is 49.8 Å². The van der Waals surface area contributed by atoms with Gasteiger partial charge in [-0.15, -0.1) is 0 Å². The molecule has 0 bridgehead atoms. The lowest BCUT2D eigenvalue weighted by Crippen LogP contribution is -2.44. The second-order valence-corrected chi connectivity index (χ2v) is 7.70. The number of carbonyl (C=O) groups is 1. The summed E-state index contributed by atoms with van der Waals surface area (Å²) < 4.78 is 5.63. The molecule has 3 unspecified atom stereocenters. The molecular weight excluding hydrogens is 338 g/mol. The average molecular weight is 367 g/mol. The van der Waals surface area contributed by atoms with Gasteiger partial charge in [0.25, 0.3) is 0 Å². The summed E-state index contributed by atoms with van der Waals surface area (Å²) in [6.45, 7) is 6.00. The van der Waals surface area contributed by atoms with Crippen molar-refractivity contribution in [3.8, 4) is 0 Å². The Balaban J connectivity index is 1.70. The Morgan fingerprint density at radius 2 is 1.70 bits per heavy atom. The lowest BCUT2D eigenvalue weighted by Gasteiger charge is -2.29. The maximum atomic E-state index is 12.9. The number of aliphatic hydroxyl groups excluding tert-OH is 1. The first-order chi connectivity index (χ1) is 13.1. The highest BCUT2D eigenvalue weighted by atomic mass is 16.5. The summed E-state index contributed by atoms with van der Waals surface area (Å²) in [5.41, 5.74) is 2.21. The van der Waals surface area contributed by atoms with E-state index in [0.717, 1.165) is 12.1 Å². The molecule has 3 rings (SSSR count). The molecule has 4 heteroatoms. The van der Waals surface area contributed by atoms with Gasteiger partial charge in [0.2, 0.25) is 0 Å². The first-order valence-corrected chi connectivity index (χ1v) is 9.70. The summed E-state index contributed by atoms with van der Waals surface area (Å²) >= 11 is 0. The molecule has 0 amide bonds. The zero-order valence-electron chi connectivity index (χ0n) is 16.1. The Kier molecular flexibility index (Phi) is 6.64. The van der Waals surface area contributed by atoms with Crippen molar-refractivity contribution >= 4 is 5.97 Å². The molecule has 4 nitrogen and oxygen atoms in total. The van der Waals surface area contributed by atoms with Gasteiger partial charge >= 0.3 is 5.97 Å². The monoisotopic (exact) mass is 367 g/mol. The number of hydrogen-bond acceptors (Lipinski definition) is 4. The van der Waals surface area contributed by atoms with Gasteiger partial charge in [0.05, 0.1) is 0 Å². The van der Waals surface area contributed by atoms with Crippen LogP contribution in [0.15, 0.2) is 60.7 Å². The molecule has 2 aromatic rings. The van der Waals surface area contributed by atoms with E-state index in [1.807, 2.05) is 48.5 Å². The van der Waals surface area contributed by atoms with E-state index in [2.05, 4.69) is 30.9 Å². The fourth-order valence-corrected chi connectivity index (χ4v) is 4.05. The number of likely N-dealkylation sites (tertiary alicyclic amines) is 1. The van der Waals surface area contributed by atoms with Crippen LogP contribution >= 0.6 is 0 Å². The second-order valence-electron chi connectivity index (χ2n) is 7.70. The third kappa shape index (κ3) is 4.76. The Bertz CT molecular complexity index is 717.